The Morgan fingerprint density at radius 1 is 1.42 bits per heavy atom. The van der Waals surface area contributed by atoms with E-state index >= 15 is 0 Å². The molecule has 0 aliphatic heterocycles. The molecule has 0 bridgehead atoms. The zero-order valence-corrected chi connectivity index (χ0v) is 11.7. The van der Waals surface area contributed by atoms with Gasteiger partial charge in [-0.25, -0.2) is 0 Å². The smallest absolute Gasteiger partial charge is 0.336 e. The summed E-state index contributed by atoms with van der Waals surface area (Å²) < 4.78 is 36.6. The van der Waals surface area contributed by atoms with Crippen LogP contribution in [0.25, 0.3) is 0 Å². The standard InChI is InChI=1S/C12H17F3N2OS/c1-3-17(7-10-5-4-6-19-10)8-11(18)16(2)9-12(13,14)15/h4-6H,3,7-9H2,1-2H3. The summed E-state index contributed by atoms with van der Waals surface area (Å²) in [6.45, 7) is 1.87. The average molecular weight is 294 g/mol. The molecule has 0 N–H and O–H groups in total. The second-order valence-corrected chi connectivity index (χ2v) is 5.28. The highest BCUT2D eigenvalue weighted by atomic mass is 32.1. The van der Waals surface area contributed by atoms with Crippen LogP contribution in [0.1, 0.15) is 11.8 Å². The Kier molecular flexibility index (Phi) is 5.81. The van der Waals surface area contributed by atoms with Gasteiger partial charge in [-0.05, 0) is 18.0 Å². The van der Waals surface area contributed by atoms with Crippen molar-refractivity contribution in [2.45, 2.75) is 19.6 Å². The van der Waals surface area contributed by atoms with Crippen molar-refractivity contribution in [3.63, 3.8) is 0 Å². The van der Waals surface area contributed by atoms with E-state index in [2.05, 4.69) is 0 Å². The molecule has 1 aromatic rings. The maximum absolute atomic E-state index is 12.2. The largest absolute Gasteiger partial charge is 0.406 e. The van der Waals surface area contributed by atoms with E-state index in [0.29, 0.717) is 13.1 Å². The number of hydrogen-bond acceptors (Lipinski definition) is 3. The summed E-state index contributed by atoms with van der Waals surface area (Å²) in [5, 5.41) is 1.93. The first kappa shape index (κ1) is 16.0. The maximum Gasteiger partial charge on any atom is 0.406 e. The molecular formula is C12H17F3N2OS. The van der Waals surface area contributed by atoms with Crippen LogP contribution >= 0.6 is 11.3 Å². The summed E-state index contributed by atoms with van der Waals surface area (Å²) in [5.41, 5.74) is 0. The number of thiophene rings is 1. The van der Waals surface area contributed by atoms with Crippen LogP contribution in [-0.2, 0) is 11.3 Å². The van der Waals surface area contributed by atoms with E-state index in [1.54, 1.807) is 11.3 Å². The van der Waals surface area contributed by atoms with E-state index in [1.807, 2.05) is 29.3 Å². The fraction of sp³-hybridized carbons (Fsp3) is 0.583. The van der Waals surface area contributed by atoms with Gasteiger partial charge in [0.25, 0.3) is 0 Å². The zero-order valence-electron chi connectivity index (χ0n) is 10.9. The third-order valence-electron chi connectivity index (χ3n) is 2.61. The first-order chi connectivity index (χ1) is 8.81. The third-order valence-corrected chi connectivity index (χ3v) is 3.47. The number of hydrogen-bond donors (Lipinski definition) is 0. The molecule has 1 aromatic heterocycles. The van der Waals surface area contributed by atoms with Gasteiger partial charge in [0.05, 0.1) is 6.54 Å². The van der Waals surface area contributed by atoms with E-state index in [-0.39, 0.29) is 6.54 Å². The minimum Gasteiger partial charge on any atom is -0.336 e. The maximum atomic E-state index is 12.2. The molecule has 0 radical (unpaired) electrons. The normalized spacial score (nSPS) is 11.9. The summed E-state index contributed by atoms with van der Waals surface area (Å²) in [7, 11) is 1.18. The topological polar surface area (TPSA) is 23.6 Å². The number of carbonyl (C=O) groups is 1. The summed E-state index contributed by atoms with van der Waals surface area (Å²) in [5.74, 6) is -0.518. The van der Waals surface area contributed by atoms with Crippen LogP contribution in [0.2, 0.25) is 0 Å². The predicted octanol–water partition coefficient (Wildman–Crippen LogP) is 2.59. The molecule has 1 amide bonds. The van der Waals surface area contributed by atoms with Gasteiger partial charge in [-0.15, -0.1) is 11.3 Å². The molecule has 0 atom stereocenters. The number of likely N-dealkylation sites (N-methyl/N-ethyl adjacent to an activating group) is 2. The van der Waals surface area contributed by atoms with Crippen LogP contribution < -0.4 is 0 Å². The van der Waals surface area contributed by atoms with Crippen molar-refractivity contribution >= 4 is 17.2 Å². The molecule has 108 valence electrons. The summed E-state index contributed by atoms with van der Waals surface area (Å²) in [4.78, 5) is 15.3. The Hall–Kier alpha value is -1.08. The van der Waals surface area contributed by atoms with Crippen LogP contribution in [-0.4, -0.2) is 48.6 Å². The lowest BCUT2D eigenvalue weighted by Crippen LogP contribution is -2.42. The molecule has 1 heterocycles. The second-order valence-electron chi connectivity index (χ2n) is 4.25. The highest BCUT2D eigenvalue weighted by Gasteiger charge is 2.31. The van der Waals surface area contributed by atoms with Gasteiger partial charge in [0.1, 0.15) is 6.54 Å². The molecule has 0 aliphatic rings. The number of carbonyl (C=O) groups excluding carboxylic acids is 1. The average Bonchev–Trinajstić information content (AvgIpc) is 2.78. The van der Waals surface area contributed by atoms with Crippen LogP contribution in [0, 0.1) is 0 Å². The Bertz CT molecular complexity index is 392. The van der Waals surface area contributed by atoms with Crippen LogP contribution in [0.3, 0.4) is 0 Å². The van der Waals surface area contributed by atoms with Gasteiger partial charge in [0.15, 0.2) is 0 Å². The van der Waals surface area contributed by atoms with Gasteiger partial charge < -0.3 is 4.90 Å². The van der Waals surface area contributed by atoms with Crippen molar-refractivity contribution in [1.29, 1.82) is 0 Å². The highest BCUT2D eigenvalue weighted by Crippen LogP contribution is 2.16. The summed E-state index contributed by atoms with van der Waals surface area (Å²) >= 11 is 1.57. The van der Waals surface area contributed by atoms with Crippen molar-refractivity contribution in [1.82, 2.24) is 9.80 Å². The summed E-state index contributed by atoms with van der Waals surface area (Å²) in [6.07, 6.45) is -4.35. The lowest BCUT2D eigenvalue weighted by atomic mass is 10.3. The molecule has 0 aromatic carbocycles. The summed E-state index contributed by atoms with van der Waals surface area (Å²) in [6, 6.07) is 3.85. The van der Waals surface area contributed by atoms with Crippen molar-refractivity contribution < 1.29 is 18.0 Å². The van der Waals surface area contributed by atoms with Crippen molar-refractivity contribution in [2.24, 2.45) is 0 Å². The van der Waals surface area contributed by atoms with Crippen LogP contribution in [0.15, 0.2) is 17.5 Å². The minimum atomic E-state index is -4.35. The minimum absolute atomic E-state index is 0.000972. The Labute approximate surface area is 114 Å². The molecule has 1 rings (SSSR count). The molecular weight excluding hydrogens is 277 g/mol. The Balaban J connectivity index is 2.48. The van der Waals surface area contributed by atoms with Gasteiger partial charge in [-0.2, -0.15) is 13.2 Å². The Morgan fingerprint density at radius 3 is 2.58 bits per heavy atom. The molecule has 7 heteroatoms. The second kappa shape index (κ2) is 6.91. The van der Waals surface area contributed by atoms with Crippen LogP contribution in [0.5, 0.6) is 0 Å². The number of halogens is 3. The van der Waals surface area contributed by atoms with Gasteiger partial charge in [-0.3, -0.25) is 9.69 Å². The number of alkyl halides is 3. The van der Waals surface area contributed by atoms with E-state index in [0.717, 1.165) is 9.78 Å². The monoisotopic (exact) mass is 294 g/mol. The molecule has 19 heavy (non-hydrogen) atoms. The van der Waals surface area contributed by atoms with E-state index < -0.39 is 18.6 Å². The van der Waals surface area contributed by atoms with Crippen molar-refractivity contribution in [3.8, 4) is 0 Å². The number of nitrogens with zero attached hydrogens (tertiary/aromatic N) is 2. The first-order valence-corrected chi connectivity index (χ1v) is 6.75. The lowest BCUT2D eigenvalue weighted by Gasteiger charge is -2.24. The molecule has 0 aliphatic carbocycles. The lowest BCUT2D eigenvalue weighted by molar-refractivity contribution is -0.159. The van der Waals surface area contributed by atoms with Gasteiger partial charge in [-0.1, -0.05) is 13.0 Å². The van der Waals surface area contributed by atoms with Gasteiger partial charge >= 0.3 is 6.18 Å². The predicted molar refractivity (Wildman–Crippen MR) is 69.0 cm³/mol. The molecule has 0 unspecified atom stereocenters. The number of amides is 1. The van der Waals surface area contributed by atoms with Gasteiger partial charge in [0, 0.05) is 18.5 Å². The fourth-order valence-corrected chi connectivity index (χ4v) is 2.32. The Morgan fingerprint density at radius 2 is 2.11 bits per heavy atom. The van der Waals surface area contributed by atoms with Gasteiger partial charge in [0.2, 0.25) is 5.91 Å². The van der Waals surface area contributed by atoms with Crippen LogP contribution in [0.4, 0.5) is 13.2 Å². The van der Waals surface area contributed by atoms with Crippen molar-refractivity contribution in [3.05, 3.63) is 22.4 Å². The van der Waals surface area contributed by atoms with E-state index in [1.165, 1.54) is 7.05 Å². The highest BCUT2D eigenvalue weighted by molar-refractivity contribution is 7.09. The first-order valence-electron chi connectivity index (χ1n) is 5.87. The number of rotatable bonds is 6. The zero-order chi connectivity index (χ0) is 14.5. The molecule has 0 saturated heterocycles. The quantitative estimate of drug-likeness (QED) is 0.805. The SMILES string of the molecule is CCN(CC(=O)N(C)CC(F)(F)F)Cc1cccs1. The van der Waals surface area contributed by atoms with E-state index in [9.17, 15) is 18.0 Å². The fourth-order valence-electron chi connectivity index (χ4n) is 1.57. The third kappa shape index (κ3) is 6.07. The van der Waals surface area contributed by atoms with Crippen molar-refractivity contribution in [2.75, 3.05) is 26.7 Å². The molecule has 0 saturated carbocycles. The molecule has 3 nitrogen and oxygen atoms in total. The molecule has 0 spiro atoms. The molecule has 0 fully saturated rings. The van der Waals surface area contributed by atoms with E-state index in [4.69, 9.17) is 0 Å².